The Bertz CT molecular complexity index is 630. The second kappa shape index (κ2) is 4.98. The third-order valence-corrected chi connectivity index (χ3v) is 2.44. The van der Waals surface area contributed by atoms with Crippen molar-refractivity contribution in [2.45, 2.75) is 6.18 Å². The van der Waals surface area contributed by atoms with E-state index in [1.54, 1.807) is 0 Å². The van der Waals surface area contributed by atoms with Gasteiger partial charge in [0.1, 0.15) is 6.07 Å². The number of nitriles is 1. The molecular formula is C13H8F3N3. The zero-order valence-corrected chi connectivity index (χ0v) is 9.57. The highest BCUT2D eigenvalue weighted by Crippen LogP contribution is 2.36. The normalized spacial score (nSPS) is 10.8. The van der Waals surface area contributed by atoms with Crippen molar-refractivity contribution < 1.29 is 13.2 Å². The van der Waals surface area contributed by atoms with Gasteiger partial charge in [-0.05, 0) is 18.2 Å². The number of anilines is 2. The summed E-state index contributed by atoms with van der Waals surface area (Å²) in [6, 6.07) is 8.39. The summed E-state index contributed by atoms with van der Waals surface area (Å²) in [5.74, 6) is 0. The van der Waals surface area contributed by atoms with Gasteiger partial charge in [-0.1, -0.05) is 12.1 Å². The van der Waals surface area contributed by atoms with E-state index in [2.05, 4.69) is 10.3 Å². The largest absolute Gasteiger partial charge is 0.418 e. The topological polar surface area (TPSA) is 48.7 Å². The molecule has 0 atom stereocenters. The monoisotopic (exact) mass is 263 g/mol. The molecule has 19 heavy (non-hydrogen) atoms. The van der Waals surface area contributed by atoms with E-state index in [-0.39, 0.29) is 16.9 Å². The SMILES string of the molecule is N#Cc1ccncc1Nc1ccccc1C(F)(F)F. The molecule has 0 aliphatic heterocycles. The predicted molar refractivity (Wildman–Crippen MR) is 63.7 cm³/mol. The zero-order valence-electron chi connectivity index (χ0n) is 9.57. The van der Waals surface area contributed by atoms with E-state index in [4.69, 9.17) is 5.26 Å². The second-order valence-corrected chi connectivity index (χ2v) is 3.70. The number of para-hydroxylation sites is 1. The fourth-order valence-electron chi connectivity index (χ4n) is 1.58. The standard InChI is InChI=1S/C13H8F3N3/c14-13(15,16)10-3-1-2-4-11(10)19-12-8-18-6-5-9(12)7-17/h1-6,8,19H. The summed E-state index contributed by atoms with van der Waals surface area (Å²) in [6.45, 7) is 0. The molecule has 96 valence electrons. The van der Waals surface area contributed by atoms with Gasteiger partial charge in [0.2, 0.25) is 0 Å². The minimum Gasteiger partial charge on any atom is -0.353 e. The van der Waals surface area contributed by atoms with Crippen LogP contribution in [0.2, 0.25) is 0 Å². The molecule has 0 unspecified atom stereocenters. The predicted octanol–water partition coefficient (Wildman–Crippen LogP) is 3.72. The Kier molecular flexibility index (Phi) is 3.38. The first-order chi connectivity index (χ1) is 9.02. The molecule has 0 bridgehead atoms. The summed E-state index contributed by atoms with van der Waals surface area (Å²) in [4.78, 5) is 3.79. The van der Waals surface area contributed by atoms with E-state index >= 15 is 0 Å². The molecule has 0 aliphatic rings. The number of nitrogens with zero attached hydrogens (tertiary/aromatic N) is 2. The van der Waals surface area contributed by atoms with Crippen LogP contribution in [0.15, 0.2) is 42.7 Å². The third-order valence-electron chi connectivity index (χ3n) is 2.44. The van der Waals surface area contributed by atoms with Crippen LogP contribution in [-0.2, 0) is 6.18 Å². The number of aromatic nitrogens is 1. The highest BCUT2D eigenvalue weighted by molar-refractivity contribution is 5.68. The Morgan fingerprint density at radius 1 is 1.11 bits per heavy atom. The maximum absolute atomic E-state index is 12.8. The molecule has 2 aromatic rings. The molecule has 3 nitrogen and oxygen atoms in total. The molecule has 0 saturated heterocycles. The van der Waals surface area contributed by atoms with Gasteiger partial charge < -0.3 is 5.32 Å². The number of hydrogen-bond acceptors (Lipinski definition) is 3. The molecule has 1 heterocycles. The fraction of sp³-hybridized carbons (Fsp3) is 0.0769. The zero-order chi connectivity index (χ0) is 13.9. The lowest BCUT2D eigenvalue weighted by molar-refractivity contribution is -0.136. The molecule has 2 rings (SSSR count). The van der Waals surface area contributed by atoms with Gasteiger partial charge in [0.05, 0.1) is 28.7 Å². The first kappa shape index (κ1) is 12.9. The average Bonchev–Trinajstić information content (AvgIpc) is 2.39. The van der Waals surface area contributed by atoms with Gasteiger partial charge in [-0.15, -0.1) is 0 Å². The van der Waals surface area contributed by atoms with Crippen molar-refractivity contribution >= 4 is 11.4 Å². The van der Waals surface area contributed by atoms with Crippen molar-refractivity contribution in [3.05, 3.63) is 53.9 Å². The van der Waals surface area contributed by atoms with Crippen LogP contribution in [0.5, 0.6) is 0 Å². The number of alkyl halides is 3. The lowest BCUT2D eigenvalue weighted by atomic mass is 10.1. The van der Waals surface area contributed by atoms with Crippen LogP contribution in [0.3, 0.4) is 0 Å². The van der Waals surface area contributed by atoms with Gasteiger partial charge in [0, 0.05) is 6.20 Å². The molecule has 0 amide bonds. The van der Waals surface area contributed by atoms with E-state index in [0.29, 0.717) is 0 Å². The van der Waals surface area contributed by atoms with Crippen molar-refractivity contribution in [2.24, 2.45) is 0 Å². The van der Waals surface area contributed by atoms with Crippen LogP contribution in [-0.4, -0.2) is 4.98 Å². The Morgan fingerprint density at radius 3 is 2.53 bits per heavy atom. The van der Waals surface area contributed by atoms with Crippen LogP contribution in [0.1, 0.15) is 11.1 Å². The first-order valence-electron chi connectivity index (χ1n) is 5.29. The summed E-state index contributed by atoms with van der Waals surface area (Å²) in [5, 5.41) is 11.5. The van der Waals surface area contributed by atoms with Crippen LogP contribution < -0.4 is 5.32 Å². The van der Waals surface area contributed by atoms with E-state index in [0.717, 1.165) is 6.07 Å². The Balaban J connectivity index is 2.43. The van der Waals surface area contributed by atoms with Crippen LogP contribution in [0.4, 0.5) is 24.5 Å². The summed E-state index contributed by atoms with van der Waals surface area (Å²) >= 11 is 0. The minimum atomic E-state index is -4.46. The molecule has 0 radical (unpaired) electrons. The molecule has 0 spiro atoms. The van der Waals surface area contributed by atoms with Gasteiger partial charge in [-0.3, -0.25) is 4.98 Å². The van der Waals surface area contributed by atoms with E-state index in [9.17, 15) is 13.2 Å². The fourth-order valence-corrected chi connectivity index (χ4v) is 1.58. The highest BCUT2D eigenvalue weighted by atomic mass is 19.4. The van der Waals surface area contributed by atoms with Crippen LogP contribution in [0.25, 0.3) is 0 Å². The molecule has 0 saturated carbocycles. The number of halogens is 3. The maximum atomic E-state index is 12.8. The maximum Gasteiger partial charge on any atom is 0.418 e. The van der Waals surface area contributed by atoms with Crippen molar-refractivity contribution in [3.8, 4) is 6.07 Å². The number of benzene rings is 1. The Hall–Kier alpha value is -2.55. The van der Waals surface area contributed by atoms with Crippen molar-refractivity contribution in [3.63, 3.8) is 0 Å². The van der Waals surface area contributed by atoms with Gasteiger partial charge in [0.15, 0.2) is 0 Å². The third kappa shape index (κ3) is 2.83. The quantitative estimate of drug-likeness (QED) is 0.898. The van der Waals surface area contributed by atoms with E-state index < -0.39 is 11.7 Å². The summed E-state index contributed by atoms with van der Waals surface area (Å²) < 4.78 is 38.4. The summed E-state index contributed by atoms with van der Waals surface area (Å²) in [6.07, 6.45) is -1.75. The Morgan fingerprint density at radius 2 is 1.84 bits per heavy atom. The van der Waals surface area contributed by atoms with E-state index in [1.807, 2.05) is 6.07 Å². The number of pyridine rings is 1. The summed E-state index contributed by atoms with van der Waals surface area (Å²) in [7, 11) is 0. The van der Waals surface area contributed by atoms with Gasteiger partial charge in [0.25, 0.3) is 0 Å². The number of hydrogen-bond donors (Lipinski definition) is 1. The Labute approximate surface area is 107 Å². The molecule has 1 N–H and O–H groups in total. The van der Waals surface area contributed by atoms with E-state index in [1.165, 1.54) is 36.7 Å². The smallest absolute Gasteiger partial charge is 0.353 e. The van der Waals surface area contributed by atoms with Crippen molar-refractivity contribution in [1.29, 1.82) is 5.26 Å². The van der Waals surface area contributed by atoms with Crippen LogP contribution in [0, 0.1) is 11.3 Å². The first-order valence-corrected chi connectivity index (χ1v) is 5.29. The molecule has 6 heteroatoms. The molecule has 1 aromatic heterocycles. The van der Waals surface area contributed by atoms with Gasteiger partial charge >= 0.3 is 6.18 Å². The second-order valence-electron chi connectivity index (χ2n) is 3.70. The van der Waals surface area contributed by atoms with Gasteiger partial charge in [-0.2, -0.15) is 18.4 Å². The lowest BCUT2D eigenvalue weighted by Gasteiger charge is -2.14. The molecule has 0 aliphatic carbocycles. The van der Waals surface area contributed by atoms with Gasteiger partial charge in [-0.25, -0.2) is 0 Å². The molecular weight excluding hydrogens is 255 g/mol. The highest BCUT2D eigenvalue weighted by Gasteiger charge is 2.33. The van der Waals surface area contributed by atoms with Crippen molar-refractivity contribution in [2.75, 3.05) is 5.32 Å². The average molecular weight is 263 g/mol. The van der Waals surface area contributed by atoms with Crippen molar-refractivity contribution in [1.82, 2.24) is 4.98 Å². The number of nitrogens with one attached hydrogen (secondary N) is 1. The minimum absolute atomic E-state index is 0.112. The molecule has 1 aromatic carbocycles. The van der Waals surface area contributed by atoms with Crippen LogP contribution >= 0.6 is 0 Å². The summed E-state index contributed by atoms with van der Waals surface area (Å²) in [5.41, 5.74) is -0.434. The lowest BCUT2D eigenvalue weighted by Crippen LogP contribution is -2.09. The molecule has 0 fully saturated rings. The number of rotatable bonds is 2.